The fourth-order valence-corrected chi connectivity index (χ4v) is 2.46. The number of ether oxygens (including phenoxy) is 2. The van der Waals surface area contributed by atoms with Crippen LogP contribution in [-0.4, -0.2) is 0 Å². The Kier molecular flexibility index (Phi) is 5.22. The van der Waals surface area contributed by atoms with E-state index in [0.29, 0.717) is 13.2 Å². The maximum atomic E-state index is 5.84. The summed E-state index contributed by atoms with van der Waals surface area (Å²) in [6.45, 7) is 1.05. The van der Waals surface area contributed by atoms with E-state index < -0.39 is 0 Å². The van der Waals surface area contributed by atoms with Gasteiger partial charge in [0.1, 0.15) is 24.7 Å². The van der Waals surface area contributed by atoms with Crippen molar-refractivity contribution in [3.63, 3.8) is 0 Å². The number of benzene rings is 3. The lowest BCUT2D eigenvalue weighted by Crippen LogP contribution is -1.98. The molecule has 2 nitrogen and oxygen atoms in total. The van der Waals surface area contributed by atoms with Crippen LogP contribution in [0.5, 0.6) is 11.5 Å². The molecule has 0 atom stereocenters. The zero-order chi connectivity index (χ0) is 15.9. The summed E-state index contributed by atoms with van der Waals surface area (Å²) < 4.78 is 11.7. The molecule has 23 heavy (non-hydrogen) atoms. The van der Waals surface area contributed by atoms with Gasteiger partial charge in [-0.25, -0.2) is 0 Å². The van der Waals surface area contributed by atoms with Crippen LogP contribution < -0.4 is 9.47 Å². The Hall–Kier alpha value is -2.39. The molecule has 0 aromatic heterocycles. The molecule has 0 aliphatic rings. The van der Waals surface area contributed by atoms with Crippen molar-refractivity contribution in [2.45, 2.75) is 18.1 Å². The Bertz CT molecular complexity index is 680. The van der Waals surface area contributed by atoms with Crippen molar-refractivity contribution >= 4 is 12.6 Å². The van der Waals surface area contributed by atoms with Gasteiger partial charge >= 0.3 is 0 Å². The molecule has 0 unspecified atom stereocenters. The predicted octanol–water partition coefficient (Wildman–Crippen LogP) is 5.13. The minimum absolute atomic E-state index is 0.524. The first kappa shape index (κ1) is 15.5. The first-order chi connectivity index (χ1) is 11.3. The summed E-state index contributed by atoms with van der Waals surface area (Å²) in [7, 11) is 0. The second-order valence-electron chi connectivity index (χ2n) is 5.21. The van der Waals surface area contributed by atoms with E-state index >= 15 is 0 Å². The van der Waals surface area contributed by atoms with Gasteiger partial charge in [0.2, 0.25) is 0 Å². The van der Waals surface area contributed by atoms with E-state index in [9.17, 15) is 0 Å². The van der Waals surface area contributed by atoms with Crippen LogP contribution in [0, 0.1) is 0 Å². The third-order valence-electron chi connectivity index (χ3n) is 3.36. The number of hydrogen-bond donors (Lipinski definition) is 1. The molecule has 0 saturated carbocycles. The maximum Gasteiger partial charge on any atom is 0.124 e. The Morgan fingerprint density at radius 2 is 1.04 bits per heavy atom. The van der Waals surface area contributed by atoms with Crippen LogP contribution in [-0.2, 0) is 13.2 Å². The van der Waals surface area contributed by atoms with Crippen LogP contribution in [0.25, 0.3) is 0 Å². The number of rotatable bonds is 6. The fraction of sp³-hybridized carbons (Fsp3) is 0.100. The normalized spacial score (nSPS) is 10.3. The standard InChI is InChI=1S/C20H18O2S/c23-20-12-18(21-14-16-7-3-1-4-8-16)11-19(13-20)22-15-17-9-5-2-6-10-17/h1-13,23H,14-15H2. The summed E-state index contributed by atoms with van der Waals surface area (Å²) in [5, 5.41) is 0. The van der Waals surface area contributed by atoms with Gasteiger partial charge in [0, 0.05) is 11.0 Å². The number of hydrogen-bond acceptors (Lipinski definition) is 3. The molecule has 0 aliphatic carbocycles. The summed E-state index contributed by atoms with van der Waals surface area (Å²) in [6, 6.07) is 25.8. The SMILES string of the molecule is Sc1cc(OCc2ccccc2)cc(OCc2ccccc2)c1. The summed E-state index contributed by atoms with van der Waals surface area (Å²) in [5.74, 6) is 1.51. The van der Waals surface area contributed by atoms with Crippen molar-refractivity contribution < 1.29 is 9.47 Å². The molecule has 3 heteroatoms. The Balaban J connectivity index is 1.64. The summed E-state index contributed by atoms with van der Waals surface area (Å²) in [6.07, 6.45) is 0. The van der Waals surface area contributed by atoms with Gasteiger partial charge in [0.25, 0.3) is 0 Å². The van der Waals surface area contributed by atoms with E-state index in [1.54, 1.807) is 0 Å². The molecular weight excluding hydrogens is 304 g/mol. The highest BCUT2D eigenvalue weighted by atomic mass is 32.1. The fourth-order valence-electron chi connectivity index (χ4n) is 2.21. The lowest BCUT2D eigenvalue weighted by Gasteiger charge is -2.11. The largest absolute Gasteiger partial charge is 0.489 e. The Morgan fingerprint density at radius 3 is 1.48 bits per heavy atom. The van der Waals surface area contributed by atoms with Crippen LogP contribution in [0.1, 0.15) is 11.1 Å². The minimum Gasteiger partial charge on any atom is -0.489 e. The second-order valence-corrected chi connectivity index (χ2v) is 5.73. The Morgan fingerprint density at radius 1 is 0.609 bits per heavy atom. The monoisotopic (exact) mass is 322 g/mol. The highest BCUT2D eigenvalue weighted by Crippen LogP contribution is 2.26. The van der Waals surface area contributed by atoms with Crippen LogP contribution in [0.2, 0.25) is 0 Å². The van der Waals surface area contributed by atoms with Crippen molar-refractivity contribution in [3.05, 3.63) is 90.0 Å². The average molecular weight is 322 g/mol. The molecule has 3 aromatic rings. The highest BCUT2D eigenvalue weighted by molar-refractivity contribution is 7.80. The molecule has 0 fully saturated rings. The van der Waals surface area contributed by atoms with E-state index in [2.05, 4.69) is 12.6 Å². The molecule has 3 rings (SSSR count). The average Bonchev–Trinajstić information content (AvgIpc) is 2.60. The molecule has 0 heterocycles. The van der Waals surface area contributed by atoms with Gasteiger partial charge in [-0.05, 0) is 23.3 Å². The van der Waals surface area contributed by atoms with Gasteiger partial charge in [-0.2, -0.15) is 0 Å². The molecule has 0 spiro atoms. The molecule has 0 radical (unpaired) electrons. The summed E-state index contributed by atoms with van der Waals surface area (Å²) in [4.78, 5) is 0.818. The molecule has 0 N–H and O–H groups in total. The van der Waals surface area contributed by atoms with E-state index in [-0.39, 0.29) is 0 Å². The summed E-state index contributed by atoms with van der Waals surface area (Å²) in [5.41, 5.74) is 2.26. The zero-order valence-electron chi connectivity index (χ0n) is 12.7. The van der Waals surface area contributed by atoms with E-state index in [0.717, 1.165) is 27.5 Å². The van der Waals surface area contributed by atoms with Gasteiger partial charge in [-0.1, -0.05) is 60.7 Å². The first-order valence-corrected chi connectivity index (χ1v) is 7.92. The van der Waals surface area contributed by atoms with Gasteiger partial charge in [0.15, 0.2) is 0 Å². The van der Waals surface area contributed by atoms with Crippen molar-refractivity contribution in [1.82, 2.24) is 0 Å². The highest BCUT2D eigenvalue weighted by Gasteiger charge is 2.03. The van der Waals surface area contributed by atoms with Gasteiger partial charge in [0.05, 0.1) is 0 Å². The lowest BCUT2D eigenvalue weighted by atomic mass is 10.2. The smallest absolute Gasteiger partial charge is 0.124 e. The van der Waals surface area contributed by atoms with E-state index in [4.69, 9.17) is 9.47 Å². The van der Waals surface area contributed by atoms with Crippen molar-refractivity contribution in [2.75, 3.05) is 0 Å². The molecule has 0 aliphatic heterocycles. The zero-order valence-corrected chi connectivity index (χ0v) is 13.6. The maximum absolute atomic E-state index is 5.84. The van der Waals surface area contributed by atoms with Crippen LogP contribution in [0.3, 0.4) is 0 Å². The van der Waals surface area contributed by atoms with Crippen molar-refractivity contribution in [1.29, 1.82) is 0 Å². The van der Waals surface area contributed by atoms with Crippen LogP contribution in [0.4, 0.5) is 0 Å². The quantitative estimate of drug-likeness (QED) is 0.634. The minimum atomic E-state index is 0.524. The predicted molar refractivity (Wildman–Crippen MR) is 95.2 cm³/mol. The molecule has 116 valence electrons. The second kappa shape index (κ2) is 7.75. The first-order valence-electron chi connectivity index (χ1n) is 7.47. The topological polar surface area (TPSA) is 18.5 Å². The molecule has 3 aromatic carbocycles. The van der Waals surface area contributed by atoms with Gasteiger partial charge in [-0.3, -0.25) is 0 Å². The third kappa shape index (κ3) is 4.80. The van der Waals surface area contributed by atoms with Gasteiger partial charge < -0.3 is 9.47 Å². The third-order valence-corrected chi connectivity index (χ3v) is 3.62. The molecular formula is C20H18O2S. The van der Waals surface area contributed by atoms with Crippen molar-refractivity contribution in [2.24, 2.45) is 0 Å². The van der Waals surface area contributed by atoms with Crippen LogP contribution >= 0.6 is 12.6 Å². The summed E-state index contributed by atoms with van der Waals surface area (Å²) >= 11 is 4.42. The molecule has 0 saturated heterocycles. The molecule has 0 bridgehead atoms. The van der Waals surface area contributed by atoms with Crippen molar-refractivity contribution in [3.8, 4) is 11.5 Å². The van der Waals surface area contributed by atoms with Crippen LogP contribution in [0.15, 0.2) is 83.8 Å². The molecule has 0 amide bonds. The lowest BCUT2D eigenvalue weighted by molar-refractivity contribution is 0.288. The Labute approximate surface area is 142 Å². The van der Waals surface area contributed by atoms with E-state index in [1.165, 1.54) is 0 Å². The van der Waals surface area contributed by atoms with E-state index in [1.807, 2.05) is 78.9 Å². The number of thiol groups is 1. The van der Waals surface area contributed by atoms with Gasteiger partial charge in [-0.15, -0.1) is 12.6 Å².